The van der Waals surface area contributed by atoms with Crippen molar-refractivity contribution in [1.82, 2.24) is 5.32 Å². The molecule has 34 heavy (non-hydrogen) atoms. The quantitative estimate of drug-likeness (QED) is 0.405. The number of carbonyl (C=O) groups is 1. The summed E-state index contributed by atoms with van der Waals surface area (Å²) >= 11 is 0. The Hall–Kier alpha value is -3.31. The number of hydrogen-bond acceptors (Lipinski definition) is 6. The third-order valence-electron chi connectivity index (χ3n) is 5.78. The van der Waals surface area contributed by atoms with Crippen LogP contribution in [-0.2, 0) is 14.8 Å². The summed E-state index contributed by atoms with van der Waals surface area (Å²) in [6.07, 6.45) is -4.10. The second-order valence-corrected chi connectivity index (χ2v) is 9.51. The summed E-state index contributed by atoms with van der Waals surface area (Å²) in [6.45, 7) is -0.351. The highest BCUT2D eigenvalue weighted by Crippen LogP contribution is 2.44. The van der Waals surface area contributed by atoms with Crippen molar-refractivity contribution in [2.45, 2.75) is 23.0 Å². The van der Waals surface area contributed by atoms with Gasteiger partial charge in [-0.1, -0.05) is 54.6 Å². The van der Waals surface area contributed by atoms with Crippen LogP contribution in [0.3, 0.4) is 0 Å². The summed E-state index contributed by atoms with van der Waals surface area (Å²) in [4.78, 5) is 11.8. The van der Waals surface area contributed by atoms with E-state index in [1.54, 1.807) is 0 Å². The molecule has 1 aliphatic carbocycles. The molecule has 3 aromatic rings. The van der Waals surface area contributed by atoms with Gasteiger partial charge in [0.05, 0.1) is 4.90 Å². The SMILES string of the molecule is NS(=O)(=O)c1ccc(C(O)C(O)CNC(=O)OCC2c3ccccc3-c3ccccc32)c(F)c1. The van der Waals surface area contributed by atoms with Crippen LogP contribution in [0.4, 0.5) is 9.18 Å². The minimum Gasteiger partial charge on any atom is -0.449 e. The molecule has 0 radical (unpaired) electrons. The van der Waals surface area contributed by atoms with Gasteiger partial charge in [0.25, 0.3) is 0 Å². The largest absolute Gasteiger partial charge is 0.449 e. The van der Waals surface area contributed by atoms with Gasteiger partial charge in [0.2, 0.25) is 10.0 Å². The topological polar surface area (TPSA) is 139 Å². The van der Waals surface area contributed by atoms with E-state index in [1.807, 2.05) is 48.5 Å². The lowest BCUT2D eigenvalue weighted by atomic mass is 9.98. The van der Waals surface area contributed by atoms with Crippen LogP contribution < -0.4 is 10.5 Å². The number of primary sulfonamides is 1. The lowest BCUT2D eigenvalue weighted by Crippen LogP contribution is -2.36. The van der Waals surface area contributed by atoms with E-state index < -0.39 is 45.6 Å². The molecule has 5 N–H and O–H groups in total. The van der Waals surface area contributed by atoms with Crippen molar-refractivity contribution >= 4 is 16.1 Å². The molecule has 8 nitrogen and oxygen atoms in total. The van der Waals surface area contributed by atoms with Crippen LogP contribution in [-0.4, -0.2) is 44.0 Å². The van der Waals surface area contributed by atoms with E-state index in [-0.39, 0.29) is 18.1 Å². The molecule has 2 unspecified atom stereocenters. The van der Waals surface area contributed by atoms with Crippen molar-refractivity contribution in [3.8, 4) is 11.1 Å². The molecular weight excluding hydrogens is 463 g/mol. The molecule has 0 aromatic heterocycles. The number of halogens is 1. The average Bonchev–Trinajstić information content (AvgIpc) is 3.14. The molecule has 10 heteroatoms. The first-order chi connectivity index (χ1) is 16.2. The molecule has 0 saturated carbocycles. The molecule has 3 aromatic carbocycles. The van der Waals surface area contributed by atoms with Crippen molar-refractivity contribution < 1.29 is 32.6 Å². The fourth-order valence-corrected chi connectivity index (χ4v) is 4.61. The Morgan fingerprint density at radius 1 is 1.03 bits per heavy atom. The fourth-order valence-electron chi connectivity index (χ4n) is 4.08. The molecule has 1 aliphatic rings. The molecule has 0 aliphatic heterocycles. The Morgan fingerprint density at radius 3 is 2.18 bits per heavy atom. The van der Waals surface area contributed by atoms with Crippen LogP contribution in [0.25, 0.3) is 11.1 Å². The highest BCUT2D eigenvalue weighted by Gasteiger charge is 2.29. The molecule has 0 spiro atoms. The molecule has 0 saturated heterocycles. The Kier molecular flexibility index (Phi) is 6.67. The number of sulfonamides is 1. The summed E-state index contributed by atoms with van der Waals surface area (Å²) in [6, 6.07) is 18.4. The number of alkyl carbamates (subject to hydrolysis) is 1. The summed E-state index contributed by atoms with van der Waals surface area (Å²) in [5.41, 5.74) is 3.92. The van der Waals surface area contributed by atoms with Crippen LogP contribution >= 0.6 is 0 Å². The number of ether oxygens (including phenoxy) is 1. The van der Waals surface area contributed by atoms with Crippen LogP contribution in [0.5, 0.6) is 0 Å². The Morgan fingerprint density at radius 2 is 1.62 bits per heavy atom. The number of nitrogens with one attached hydrogen (secondary N) is 1. The normalized spacial score (nSPS) is 14.7. The van der Waals surface area contributed by atoms with Crippen molar-refractivity contribution in [3.05, 3.63) is 89.2 Å². The smallest absolute Gasteiger partial charge is 0.407 e. The Balaban J connectivity index is 1.35. The standard InChI is InChI=1S/C24H23FN2O6S/c25-21-11-14(34(26,31)32)9-10-19(21)23(29)22(28)12-27-24(30)33-13-20-17-7-3-1-5-15(17)16-6-2-4-8-18(16)20/h1-11,20,22-23,28-29H,12-13H2,(H,27,30)(H2,26,31,32). The van der Waals surface area contributed by atoms with Crippen molar-refractivity contribution in [2.75, 3.05) is 13.2 Å². The summed E-state index contributed by atoms with van der Waals surface area (Å²) in [5, 5.41) is 27.7. The van der Waals surface area contributed by atoms with Gasteiger partial charge in [-0.3, -0.25) is 0 Å². The number of fused-ring (bicyclic) bond motifs is 3. The van der Waals surface area contributed by atoms with Gasteiger partial charge < -0.3 is 20.3 Å². The van der Waals surface area contributed by atoms with E-state index in [2.05, 4.69) is 5.32 Å². The highest BCUT2D eigenvalue weighted by atomic mass is 32.2. The van der Waals surface area contributed by atoms with Gasteiger partial charge in [-0.2, -0.15) is 0 Å². The van der Waals surface area contributed by atoms with Crippen LogP contribution in [0.15, 0.2) is 71.6 Å². The zero-order chi connectivity index (χ0) is 24.5. The molecule has 178 valence electrons. The van der Waals surface area contributed by atoms with Gasteiger partial charge in [-0.15, -0.1) is 0 Å². The second-order valence-electron chi connectivity index (χ2n) is 7.95. The first-order valence-corrected chi connectivity index (χ1v) is 12.0. The second kappa shape index (κ2) is 9.51. The minimum atomic E-state index is -4.12. The lowest BCUT2D eigenvalue weighted by molar-refractivity contribution is 0.0165. The van der Waals surface area contributed by atoms with E-state index in [4.69, 9.17) is 9.88 Å². The van der Waals surface area contributed by atoms with E-state index in [0.717, 1.165) is 34.4 Å². The van der Waals surface area contributed by atoms with Crippen LogP contribution in [0.1, 0.15) is 28.7 Å². The Bertz CT molecular complexity index is 1290. The first kappa shape index (κ1) is 23.8. The van der Waals surface area contributed by atoms with Crippen molar-refractivity contribution in [2.24, 2.45) is 5.14 Å². The van der Waals surface area contributed by atoms with E-state index in [9.17, 15) is 27.8 Å². The van der Waals surface area contributed by atoms with Crippen LogP contribution in [0.2, 0.25) is 0 Å². The maximum absolute atomic E-state index is 14.2. The first-order valence-electron chi connectivity index (χ1n) is 10.4. The molecule has 0 fully saturated rings. The van der Waals surface area contributed by atoms with Gasteiger partial charge in [0, 0.05) is 18.0 Å². The average molecular weight is 487 g/mol. The Labute approximate surface area is 195 Å². The third-order valence-corrected chi connectivity index (χ3v) is 6.69. The minimum absolute atomic E-state index is 0.0716. The van der Waals surface area contributed by atoms with E-state index in [1.165, 1.54) is 0 Å². The molecule has 1 amide bonds. The molecule has 4 rings (SSSR count). The number of nitrogens with two attached hydrogens (primary N) is 1. The highest BCUT2D eigenvalue weighted by molar-refractivity contribution is 7.89. The van der Waals surface area contributed by atoms with Crippen LogP contribution in [0, 0.1) is 5.82 Å². The number of hydrogen-bond donors (Lipinski definition) is 4. The zero-order valence-electron chi connectivity index (χ0n) is 17.9. The van der Waals surface area contributed by atoms with E-state index >= 15 is 0 Å². The van der Waals surface area contributed by atoms with Gasteiger partial charge in [0.1, 0.15) is 24.6 Å². The zero-order valence-corrected chi connectivity index (χ0v) is 18.7. The maximum Gasteiger partial charge on any atom is 0.407 e. The molecule has 0 heterocycles. The molecule has 0 bridgehead atoms. The number of aliphatic hydroxyl groups excluding tert-OH is 2. The van der Waals surface area contributed by atoms with E-state index in [0.29, 0.717) is 6.07 Å². The lowest BCUT2D eigenvalue weighted by Gasteiger charge is -2.20. The summed E-state index contributed by atoms with van der Waals surface area (Å²) in [7, 11) is -4.12. The predicted molar refractivity (Wildman–Crippen MR) is 122 cm³/mol. The summed E-state index contributed by atoms with van der Waals surface area (Å²) < 4.78 is 42.2. The van der Waals surface area contributed by atoms with Gasteiger partial charge in [0.15, 0.2) is 0 Å². The monoisotopic (exact) mass is 486 g/mol. The summed E-state index contributed by atoms with van der Waals surface area (Å²) in [5.74, 6) is -1.20. The fraction of sp³-hybridized carbons (Fsp3) is 0.208. The molecular formula is C24H23FN2O6S. The van der Waals surface area contributed by atoms with Gasteiger partial charge >= 0.3 is 6.09 Å². The number of rotatable bonds is 7. The van der Waals surface area contributed by atoms with Crippen molar-refractivity contribution in [3.63, 3.8) is 0 Å². The van der Waals surface area contributed by atoms with Gasteiger partial charge in [-0.05, 0) is 34.4 Å². The van der Waals surface area contributed by atoms with Crippen molar-refractivity contribution in [1.29, 1.82) is 0 Å². The predicted octanol–water partition coefficient (Wildman–Crippen LogP) is 2.41. The number of benzene rings is 3. The number of amides is 1. The van der Waals surface area contributed by atoms with Gasteiger partial charge in [-0.25, -0.2) is 22.7 Å². The third kappa shape index (κ3) is 4.80. The number of aliphatic hydroxyl groups is 2. The maximum atomic E-state index is 14.2. The molecule has 2 atom stereocenters. The number of carbonyl (C=O) groups excluding carboxylic acids is 1.